The third kappa shape index (κ3) is 6.27. The maximum Gasteiger partial charge on any atom is 0.416 e. The van der Waals surface area contributed by atoms with E-state index in [-0.39, 0.29) is 29.2 Å². The summed E-state index contributed by atoms with van der Waals surface area (Å²) in [5.74, 6) is -0.0684. The van der Waals surface area contributed by atoms with Crippen LogP contribution in [-0.2, 0) is 17.0 Å². The van der Waals surface area contributed by atoms with E-state index in [2.05, 4.69) is 37.0 Å². The van der Waals surface area contributed by atoms with E-state index in [1.165, 1.54) is 10.9 Å². The molecule has 0 aliphatic heterocycles. The van der Waals surface area contributed by atoms with Crippen LogP contribution in [0.15, 0.2) is 54.6 Å². The molecule has 8 heteroatoms. The topological polar surface area (TPSA) is 71.2 Å². The number of aromatic hydroxyl groups is 1. The Bertz CT molecular complexity index is 1520. The number of phenols is 1. The first-order valence-corrected chi connectivity index (χ1v) is 14.2. The highest BCUT2D eigenvalue weighted by Gasteiger charge is 2.33. The Kier molecular flexibility index (Phi) is 8.55. The van der Waals surface area contributed by atoms with Crippen molar-refractivity contribution in [1.82, 2.24) is 15.0 Å². The Hall–Kier alpha value is -3.39. The van der Waals surface area contributed by atoms with Crippen LogP contribution in [0.5, 0.6) is 5.75 Å². The van der Waals surface area contributed by atoms with Crippen molar-refractivity contribution in [3.05, 3.63) is 82.4 Å². The SMILES string of the molecule is CCCCCC(C)(C)c1cc(-n2nc3ccc(C(F)(F)F)cc3n2)c(O)c(C(C)(C)c2cccc(C(C)CO)c2)c1. The minimum absolute atomic E-state index is 0.0231. The van der Waals surface area contributed by atoms with Crippen LogP contribution in [-0.4, -0.2) is 31.8 Å². The van der Waals surface area contributed by atoms with Gasteiger partial charge in [-0.1, -0.05) is 91.1 Å². The van der Waals surface area contributed by atoms with Crippen molar-refractivity contribution in [2.24, 2.45) is 0 Å². The van der Waals surface area contributed by atoms with Crippen LogP contribution in [0.25, 0.3) is 16.7 Å². The summed E-state index contributed by atoms with van der Waals surface area (Å²) in [6, 6.07) is 15.2. The molecule has 0 spiro atoms. The summed E-state index contributed by atoms with van der Waals surface area (Å²) in [6.07, 6.45) is -0.318. The number of aliphatic hydroxyl groups excluding tert-OH is 1. The summed E-state index contributed by atoms with van der Waals surface area (Å²) in [6.45, 7) is 12.5. The highest BCUT2D eigenvalue weighted by Crippen LogP contribution is 2.44. The van der Waals surface area contributed by atoms with E-state index in [0.29, 0.717) is 16.8 Å². The molecule has 220 valence electrons. The second-order valence-electron chi connectivity index (χ2n) is 12.3. The molecule has 1 aromatic heterocycles. The zero-order chi connectivity index (χ0) is 30.2. The molecule has 1 heterocycles. The van der Waals surface area contributed by atoms with Crippen molar-refractivity contribution in [2.75, 3.05) is 6.61 Å². The molecule has 2 N–H and O–H groups in total. The summed E-state index contributed by atoms with van der Waals surface area (Å²) in [7, 11) is 0. The average molecular weight is 568 g/mol. The number of hydrogen-bond donors (Lipinski definition) is 2. The molecule has 0 aliphatic carbocycles. The van der Waals surface area contributed by atoms with Crippen molar-refractivity contribution >= 4 is 11.0 Å². The van der Waals surface area contributed by atoms with Gasteiger partial charge in [0.25, 0.3) is 0 Å². The van der Waals surface area contributed by atoms with Gasteiger partial charge in [-0.3, -0.25) is 0 Å². The van der Waals surface area contributed by atoms with Crippen LogP contribution >= 0.6 is 0 Å². The third-order valence-corrected chi connectivity index (χ3v) is 8.32. The largest absolute Gasteiger partial charge is 0.505 e. The highest BCUT2D eigenvalue weighted by atomic mass is 19.4. The minimum atomic E-state index is -4.50. The molecule has 4 rings (SSSR count). The smallest absolute Gasteiger partial charge is 0.416 e. The van der Waals surface area contributed by atoms with Crippen molar-refractivity contribution in [3.8, 4) is 11.4 Å². The number of unbranched alkanes of at least 4 members (excludes halogenated alkanes) is 2. The fourth-order valence-corrected chi connectivity index (χ4v) is 5.29. The third-order valence-electron chi connectivity index (χ3n) is 8.32. The van der Waals surface area contributed by atoms with Gasteiger partial charge < -0.3 is 10.2 Å². The molecule has 0 amide bonds. The molecular formula is C33H40F3N3O2. The van der Waals surface area contributed by atoms with E-state index in [9.17, 15) is 23.4 Å². The summed E-state index contributed by atoms with van der Waals surface area (Å²) in [5, 5.41) is 30.3. The van der Waals surface area contributed by atoms with Gasteiger partial charge in [-0.25, -0.2) is 0 Å². The number of aliphatic hydroxyl groups is 1. The summed E-state index contributed by atoms with van der Waals surface area (Å²) < 4.78 is 40.1. The number of phenolic OH excluding ortho intramolecular Hbond substituents is 1. The first-order chi connectivity index (χ1) is 19.2. The maximum absolute atomic E-state index is 13.4. The van der Waals surface area contributed by atoms with Crippen molar-refractivity contribution in [3.63, 3.8) is 0 Å². The van der Waals surface area contributed by atoms with Crippen LogP contribution in [0.1, 0.15) is 101 Å². The molecule has 0 aliphatic rings. The zero-order valence-electron chi connectivity index (χ0n) is 24.7. The lowest BCUT2D eigenvalue weighted by atomic mass is 9.73. The molecule has 4 aromatic rings. The molecule has 3 aromatic carbocycles. The van der Waals surface area contributed by atoms with Gasteiger partial charge in [0.15, 0.2) is 0 Å². The minimum Gasteiger partial charge on any atom is -0.505 e. The van der Waals surface area contributed by atoms with Crippen LogP contribution in [0.2, 0.25) is 0 Å². The quantitative estimate of drug-likeness (QED) is 0.189. The second kappa shape index (κ2) is 11.5. The van der Waals surface area contributed by atoms with E-state index < -0.39 is 17.2 Å². The number of alkyl halides is 3. The van der Waals surface area contributed by atoms with Crippen LogP contribution in [0, 0.1) is 0 Å². The summed E-state index contributed by atoms with van der Waals surface area (Å²) in [4.78, 5) is 1.25. The fraction of sp³-hybridized carbons (Fsp3) is 0.455. The molecule has 41 heavy (non-hydrogen) atoms. The fourth-order valence-electron chi connectivity index (χ4n) is 5.29. The van der Waals surface area contributed by atoms with Crippen LogP contribution < -0.4 is 0 Å². The first-order valence-electron chi connectivity index (χ1n) is 14.2. The van der Waals surface area contributed by atoms with Gasteiger partial charge in [-0.15, -0.1) is 15.0 Å². The molecule has 0 radical (unpaired) electrons. The van der Waals surface area contributed by atoms with Gasteiger partial charge >= 0.3 is 6.18 Å². The number of aromatic nitrogens is 3. The molecule has 5 nitrogen and oxygen atoms in total. The van der Waals surface area contributed by atoms with Gasteiger partial charge in [-0.2, -0.15) is 13.2 Å². The molecule has 1 unspecified atom stereocenters. The number of fused-ring (bicyclic) bond motifs is 1. The summed E-state index contributed by atoms with van der Waals surface area (Å²) >= 11 is 0. The van der Waals surface area contributed by atoms with Crippen molar-refractivity contribution < 1.29 is 23.4 Å². The van der Waals surface area contributed by atoms with E-state index >= 15 is 0 Å². The number of rotatable bonds is 10. The maximum atomic E-state index is 13.4. The molecule has 0 bridgehead atoms. The zero-order valence-corrected chi connectivity index (χ0v) is 24.7. The molecule has 0 fully saturated rings. The van der Waals surface area contributed by atoms with E-state index in [4.69, 9.17) is 0 Å². The Balaban J connectivity index is 1.92. The normalized spacial score (nSPS) is 13.6. The number of nitrogens with zero attached hydrogens (tertiary/aromatic N) is 3. The van der Waals surface area contributed by atoms with E-state index in [1.54, 1.807) is 0 Å². The van der Waals surface area contributed by atoms with E-state index in [0.717, 1.165) is 54.5 Å². The monoisotopic (exact) mass is 567 g/mol. The lowest BCUT2D eigenvalue weighted by Gasteiger charge is -2.32. The predicted octanol–water partition coefficient (Wildman–Crippen LogP) is 8.42. The molecule has 1 atom stereocenters. The van der Waals surface area contributed by atoms with Crippen molar-refractivity contribution in [1.29, 1.82) is 0 Å². The lowest BCUT2D eigenvalue weighted by molar-refractivity contribution is -0.137. The number of hydrogen-bond acceptors (Lipinski definition) is 4. The Morgan fingerprint density at radius 1 is 0.854 bits per heavy atom. The molecule has 0 saturated heterocycles. The highest BCUT2D eigenvalue weighted by molar-refractivity contribution is 5.75. The predicted molar refractivity (Wildman–Crippen MR) is 157 cm³/mol. The first kappa shape index (κ1) is 30.6. The van der Waals surface area contributed by atoms with Crippen LogP contribution in [0.3, 0.4) is 0 Å². The Labute approximate surface area is 240 Å². The average Bonchev–Trinajstić information content (AvgIpc) is 3.35. The number of halogens is 3. The lowest BCUT2D eigenvalue weighted by Crippen LogP contribution is -2.24. The van der Waals surface area contributed by atoms with Crippen LogP contribution in [0.4, 0.5) is 13.2 Å². The Morgan fingerprint density at radius 3 is 2.22 bits per heavy atom. The van der Waals surface area contributed by atoms with Crippen molar-refractivity contribution in [2.45, 2.75) is 90.1 Å². The van der Waals surface area contributed by atoms with Gasteiger partial charge in [-0.05, 0) is 52.8 Å². The van der Waals surface area contributed by atoms with Gasteiger partial charge in [0.2, 0.25) is 0 Å². The Morgan fingerprint density at radius 2 is 1.56 bits per heavy atom. The summed E-state index contributed by atoms with van der Waals surface area (Å²) in [5.41, 5.74) is 2.63. The standard InChI is InChI=1S/C33H40F3N3O2/c1-7-8-9-15-31(3,4)25-17-26(32(5,6)23-12-10-11-22(16-23)21(2)20-40)30(41)29(19-25)39-37-27-14-13-24(33(34,35)36)18-28(27)38-39/h10-14,16-19,21,40-41H,7-9,15,20H2,1-6H3. The van der Waals surface area contributed by atoms with E-state index in [1.807, 2.05) is 51.1 Å². The van der Waals surface area contributed by atoms with Gasteiger partial charge in [0.05, 0.1) is 5.56 Å². The van der Waals surface area contributed by atoms with Gasteiger partial charge in [0, 0.05) is 23.5 Å². The van der Waals surface area contributed by atoms with Gasteiger partial charge in [0.1, 0.15) is 22.5 Å². The molecule has 0 saturated carbocycles. The molecular weight excluding hydrogens is 527 g/mol. The second-order valence-corrected chi connectivity index (χ2v) is 12.3. The number of benzene rings is 3.